The Bertz CT molecular complexity index is 766. The fraction of sp³-hybridized carbons (Fsp3) is 0.364. The lowest BCUT2D eigenvalue weighted by molar-refractivity contribution is -0.138. The highest BCUT2D eigenvalue weighted by molar-refractivity contribution is 8.00. The zero-order valence-electron chi connectivity index (χ0n) is 16.5. The van der Waals surface area contributed by atoms with Crippen LogP contribution in [0.1, 0.15) is 26.3 Å². The van der Waals surface area contributed by atoms with Gasteiger partial charge in [-0.1, -0.05) is 44.2 Å². The van der Waals surface area contributed by atoms with E-state index in [0.717, 1.165) is 10.5 Å². The van der Waals surface area contributed by atoms with Crippen LogP contribution in [-0.2, 0) is 16.1 Å². The van der Waals surface area contributed by atoms with E-state index in [2.05, 4.69) is 5.32 Å². The van der Waals surface area contributed by atoms with Crippen molar-refractivity contribution in [2.75, 3.05) is 12.3 Å². The van der Waals surface area contributed by atoms with Gasteiger partial charge in [0.1, 0.15) is 11.9 Å². The molecular formula is C22H27FN2O2S. The van der Waals surface area contributed by atoms with Gasteiger partial charge in [0.25, 0.3) is 0 Å². The Morgan fingerprint density at radius 2 is 1.68 bits per heavy atom. The molecule has 2 aromatic rings. The normalized spacial score (nSPS) is 11.9. The van der Waals surface area contributed by atoms with Gasteiger partial charge in [-0.15, -0.1) is 11.8 Å². The van der Waals surface area contributed by atoms with Crippen LogP contribution >= 0.6 is 11.8 Å². The first-order chi connectivity index (χ1) is 13.4. The Labute approximate surface area is 170 Å². The van der Waals surface area contributed by atoms with Gasteiger partial charge in [-0.05, 0) is 42.7 Å². The lowest BCUT2D eigenvalue weighted by Gasteiger charge is -2.29. The number of rotatable bonds is 9. The van der Waals surface area contributed by atoms with E-state index in [1.807, 2.05) is 44.2 Å². The maximum Gasteiger partial charge on any atom is 0.242 e. The number of carbonyl (C=O) groups excluding carboxylic acids is 2. The predicted octanol–water partition coefficient (Wildman–Crippen LogP) is 4.11. The minimum atomic E-state index is -0.618. The highest BCUT2D eigenvalue weighted by atomic mass is 32.2. The quantitative estimate of drug-likeness (QED) is 0.642. The molecule has 0 aliphatic heterocycles. The fourth-order valence-electron chi connectivity index (χ4n) is 2.57. The standard InChI is InChI=1S/C22H27FN2O2S/c1-16(2)13-24-22(27)17(3)25(14-18-9-11-19(23)12-10-18)21(26)15-28-20-7-5-4-6-8-20/h4-12,16-17H,13-15H2,1-3H3,(H,24,27)/t17-/m1/s1. The van der Waals surface area contributed by atoms with Gasteiger partial charge in [0.15, 0.2) is 0 Å². The number of hydrogen-bond donors (Lipinski definition) is 1. The van der Waals surface area contributed by atoms with Gasteiger partial charge < -0.3 is 10.2 Å². The molecule has 0 aromatic heterocycles. The third-order valence-electron chi connectivity index (χ3n) is 4.22. The van der Waals surface area contributed by atoms with Crippen LogP contribution in [0.4, 0.5) is 4.39 Å². The largest absolute Gasteiger partial charge is 0.354 e. The summed E-state index contributed by atoms with van der Waals surface area (Å²) < 4.78 is 13.2. The summed E-state index contributed by atoms with van der Waals surface area (Å²) in [4.78, 5) is 28.0. The summed E-state index contributed by atoms with van der Waals surface area (Å²) in [6.45, 7) is 6.57. The second-order valence-electron chi connectivity index (χ2n) is 7.06. The van der Waals surface area contributed by atoms with Crippen molar-refractivity contribution >= 4 is 23.6 Å². The van der Waals surface area contributed by atoms with Crippen LogP contribution in [-0.4, -0.2) is 35.1 Å². The molecular weight excluding hydrogens is 375 g/mol. The average molecular weight is 403 g/mol. The van der Waals surface area contributed by atoms with Crippen molar-refractivity contribution < 1.29 is 14.0 Å². The molecule has 150 valence electrons. The van der Waals surface area contributed by atoms with Gasteiger partial charge in [0.2, 0.25) is 11.8 Å². The van der Waals surface area contributed by atoms with Crippen molar-refractivity contribution in [3.8, 4) is 0 Å². The van der Waals surface area contributed by atoms with Crippen molar-refractivity contribution in [2.45, 2.75) is 38.3 Å². The SMILES string of the molecule is CC(C)CNC(=O)[C@@H](C)N(Cc1ccc(F)cc1)C(=O)CSc1ccccc1. The van der Waals surface area contributed by atoms with Gasteiger partial charge in [0.05, 0.1) is 5.75 Å². The molecule has 0 bridgehead atoms. The Balaban J connectivity index is 2.10. The summed E-state index contributed by atoms with van der Waals surface area (Å²) in [6.07, 6.45) is 0. The summed E-state index contributed by atoms with van der Waals surface area (Å²) >= 11 is 1.43. The molecule has 28 heavy (non-hydrogen) atoms. The van der Waals surface area contributed by atoms with E-state index in [0.29, 0.717) is 12.5 Å². The van der Waals surface area contributed by atoms with Crippen molar-refractivity contribution in [3.63, 3.8) is 0 Å². The van der Waals surface area contributed by atoms with Gasteiger partial charge >= 0.3 is 0 Å². The maximum absolute atomic E-state index is 13.2. The van der Waals surface area contributed by atoms with Crippen molar-refractivity contribution in [1.29, 1.82) is 0 Å². The molecule has 1 atom stereocenters. The Hall–Kier alpha value is -2.34. The summed E-state index contributed by atoms with van der Waals surface area (Å²) in [7, 11) is 0. The van der Waals surface area contributed by atoms with Gasteiger partial charge in [-0.25, -0.2) is 4.39 Å². The number of benzene rings is 2. The molecule has 0 unspecified atom stereocenters. The van der Waals surface area contributed by atoms with E-state index in [1.54, 1.807) is 24.0 Å². The van der Waals surface area contributed by atoms with Crippen LogP contribution in [0, 0.1) is 11.7 Å². The zero-order chi connectivity index (χ0) is 20.5. The molecule has 2 amide bonds. The summed E-state index contributed by atoms with van der Waals surface area (Å²) in [5.41, 5.74) is 0.781. The van der Waals surface area contributed by atoms with Crippen LogP contribution in [0.3, 0.4) is 0 Å². The van der Waals surface area contributed by atoms with E-state index < -0.39 is 6.04 Å². The van der Waals surface area contributed by atoms with Crippen LogP contribution in [0.2, 0.25) is 0 Å². The third-order valence-corrected chi connectivity index (χ3v) is 5.22. The number of carbonyl (C=O) groups is 2. The highest BCUT2D eigenvalue weighted by Crippen LogP contribution is 2.19. The highest BCUT2D eigenvalue weighted by Gasteiger charge is 2.26. The van der Waals surface area contributed by atoms with Gasteiger partial charge in [0, 0.05) is 18.0 Å². The lowest BCUT2D eigenvalue weighted by Crippen LogP contribution is -2.48. The molecule has 0 saturated heterocycles. The van der Waals surface area contributed by atoms with Gasteiger partial charge in [-0.2, -0.15) is 0 Å². The lowest BCUT2D eigenvalue weighted by atomic mass is 10.1. The first kappa shape index (κ1) is 22.0. The Morgan fingerprint density at radius 3 is 2.29 bits per heavy atom. The molecule has 2 aromatic carbocycles. The molecule has 2 rings (SSSR count). The molecule has 6 heteroatoms. The first-order valence-electron chi connectivity index (χ1n) is 9.36. The zero-order valence-corrected chi connectivity index (χ0v) is 17.3. The second-order valence-corrected chi connectivity index (χ2v) is 8.11. The maximum atomic E-state index is 13.2. The van der Waals surface area contributed by atoms with E-state index in [4.69, 9.17) is 0 Å². The van der Waals surface area contributed by atoms with E-state index in [-0.39, 0.29) is 29.9 Å². The molecule has 1 N–H and O–H groups in total. The van der Waals surface area contributed by atoms with Crippen LogP contribution in [0.5, 0.6) is 0 Å². The minimum absolute atomic E-state index is 0.134. The van der Waals surface area contributed by atoms with Crippen molar-refractivity contribution in [2.24, 2.45) is 5.92 Å². The Morgan fingerprint density at radius 1 is 1.04 bits per heavy atom. The van der Waals surface area contributed by atoms with Crippen molar-refractivity contribution in [3.05, 3.63) is 66.0 Å². The number of halogens is 1. The van der Waals surface area contributed by atoms with E-state index in [9.17, 15) is 14.0 Å². The summed E-state index contributed by atoms with van der Waals surface area (Å²) in [5.74, 6) is -0.0956. The van der Waals surface area contributed by atoms with E-state index in [1.165, 1.54) is 23.9 Å². The average Bonchev–Trinajstić information content (AvgIpc) is 2.70. The third kappa shape index (κ3) is 7.00. The van der Waals surface area contributed by atoms with Crippen LogP contribution < -0.4 is 5.32 Å². The number of amides is 2. The number of nitrogens with zero attached hydrogens (tertiary/aromatic N) is 1. The molecule has 0 fully saturated rings. The number of hydrogen-bond acceptors (Lipinski definition) is 3. The second kappa shape index (κ2) is 10.9. The molecule has 0 aliphatic rings. The number of thioether (sulfide) groups is 1. The monoisotopic (exact) mass is 402 g/mol. The summed E-state index contributed by atoms with van der Waals surface area (Å²) in [6, 6.07) is 15.0. The molecule has 0 aliphatic carbocycles. The van der Waals surface area contributed by atoms with Crippen molar-refractivity contribution in [1.82, 2.24) is 10.2 Å². The smallest absolute Gasteiger partial charge is 0.242 e. The molecule has 0 heterocycles. The predicted molar refractivity (Wildman–Crippen MR) is 111 cm³/mol. The molecule has 0 radical (unpaired) electrons. The van der Waals surface area contributed by atoms with Crippen LogP contribution in [0.15, 0.2) is 59.5 Å². The van der Waals surface area contributed by atoms with E-state index >= 15 is 0 Å². The van der Waals surface area contributed by atoms with Gasteiger partial charge in [-0.3, -0.25) is 9.59 Å². The number of nitrogens with one attached hydrogen (secondary N) is 1. The first-order valence-corrected chi connectivity index (χ1v) is 10.3. The Kier molecular flexibility index (Phi) is 8.51. The van der Waals surface area contributed by atoms with Crippen LogP contribution in [0.25, 0.3) is 0 Å². The minimum Gasteiger partial charge on any atom is -0.354 e. The fourth-order valence-corrected chi connectivity index (χ4v) is 3.37. The molecule has 4 nitrogen and oxygen atoms in total. The topological polar surface area (TPSA) is 49.4 Å². The molecule has 0 spiro atoms. The summed E-state index contributed by atoms with van der Waals surface area (Å²) in [5, 5.41) is 2.89. The molecule has 0 saturated carbocycles.